The van der Waals surface area contributed by atoms with Crippen molar-refractivity contribution in [2.24, 2.45) is 0 Å². The third kappa shape index (κ3) is 5.97. The molecule has 13 heteroatoms. The molecule has 3 heterocycles. The fraction of sp³-hybridized carbons (Fsp3) is 0.286. The monoisotopic (exact) mass is 614 g/mol. The van der Waals surface area contributed by atoms with Gasteiger partial charge < -0.3 is 29.9 Å². The van der Waals surface area contributed by atoms with Gasteiger partial charge in [0.25, 0.3) is 5.91 Å². The summed E-state index contributed by atoms with van der Waals surface area (Å²) in [6.45, 7) is 6.67. The Morgan fingerprint density at radius 1 is 1.07 bits per heavy atom. The van der Waals surface area contributed by atoms with Crippen LogP contribution in [-0.4, -0.2) is 66.8 Å². The van der Waals surface area contributed by atoms with Crippen LogP contribution >= 0.6 is 34.5 Å². The molecule has 2 aromatic heterocycles. The van der Waals surface area contributed by atoms with Crippen molar-refractivity contribution in [2.75, 3.05) is 55.4 Å². The van der Waals surface area contributed by atoms with Gasteiger partial charge in [0, 0.05) is 42.9 Å². The molecular formula is C28H28Cl2N6O4S. The second-order valence-electron chi connectivity index (χ2n) is 9.25. The number of nitrogens with one attached hydrogen (secondary N) is 2. The summed E-state index contributed by atoms with van der Waals surface area (Å²) in [4.78, 5) is 38.0. The Hall–Kier alpha value is -3.80. The summed E-state index contributed by atoms with van der Waals surface area (Å²) in [5.41, 5.74) is 3.78. The van der Waals surface area contributed by atoms with E-state index in [0.29, 0.717) is 47.4 Å². The number of rotatable bonds is 7. The van der Waals surface area contributed by atoms with Gasteiger partial charge in [-0.3, -0.25) is 4.79 Å². The number of amides is 2. The first-order valence-electron chi connectivity index (χ1n) is 12.9. The Morgan fingerprint density at radius 3 is 2.49 bits per heavy atom. The first kappa shape index (κ1) is 28.7. The molecule has 2 N–H and O–H groups in total. The van der Waals surface area contributed by atoms with Crippen molar-refractivity contribution in [1.29, 1.82) is 0 Å². The number of piperazine rings is 1. The van der Waals surface area contributed by atoms with E-state index < -0.39 is 5.91 Å². The maximum absolute atomic E-state index is 13.3. The molecule has 4 aromatic rings. The molecular weight excluding hydrogens is 587 g/mol. The van der Waals surface area contributed by atoms with E-state index in [2.05, 4.69) is 25.5 Å². The summed E-state index contributed by atoms with van der Waals surface area (Å²) in [5.74, 6) is 0.603. The van der Waals surface area contributed by atoms with Crippen LogP contribution in [0.4, 0.5) is 27.7 Å². The van der Waals surface area contributed by atoms with Crippen LogP contribution in [0.25, 0.3) is 10.2 Å². The van der Waals surface area contributed by atoms with Crippen LogP contribution in [-0.2, 0) is 4.74 Å². The molecule has 0 bridgehead atoms. The molecule has 10 nitrogen and oxygen atoms in total. The summed E-state index contributed by atoms with van der Waals surface area (Å²) >= 11 is 14.2. The zero-order valence-corrected chi connectivity index (χ0v) is 25.0. The first-order chi connectivity index (χ1) is 19.8. The van der Waals surface area contributed by atoms with Gasteiger partial charge in [0.1, 0.15) is 17.1 Å². The third-order valence-electron chi connectivity index (χ3n) is 6.71. The topological polar surface area (TPSA) is 109 Å². The zero-order valence-electron chi connectivity index (χ0n) is 22.7. The second-order valence-corrected chi connectivity index (χ2v) is 10.9. The number of methoxy groups -OCH3 is 1. The van der Waals surface area contributed by atoms with Crippen LogP contribution in [0, 0.1) is 6.92 Å². The molecule has 41 heavy (non-hydrogen) atoms. The van der Waals surface area contributed by atoms with E-state index in [4.69, 9.17) is 32.7 Å². The number of carbonyl (C=O) groups excluding carboxylic acids is 2. The molecule has 1 aliphatic heterocycles. The van der Waals surface area contributed by atoms with E-state index in [-0.39, 0.29) is 16.8 Å². The highest BCUT2D eigenvalue weighted by molar-refractivity contribution is 7.18. The molecule has 0 atom stereocenters. The highest BCUT2D eigenvalue weighted by atomic mass is 35.5. The molecule has 2 aromatic carbocycles. The highest BCUT2D eigenvalue weighted by Gasteiger charge is 2.23. The van der Waals surface area contributed by atoms with Crippen LogP contribution in [0.2, 0.25) is 10.0 Å². The summed E-state index contributed by atoms with van der Waals surface area (Å²) in [6, 6.07) is 9.70. The number of halogens is 2. The van der Waals surface area contributed by atoms with Gasteiger partial charge in [-0.05, 0) is 49.7 Å². The summed E-state index contributed by atoms with van der Waals surface area (Å²) < 4.78 is 11.1. The lowest BCUT2D eigenvalue weighted by atomic mass is 10.2. The van der Waals surface area contributed by atoms with Gasteiger partial charge in [-0.25, -0.2) is 14.8 Å². The molecule has 1 fully saturated rings. The van der Waals surface area contributed by atoms with E-state index in [1.54, 1.807) is 23.3 Å². The summed E-state index contributed by atoms with van der Waals surface area (Å²) in [5, 5.41) is 8.44. The molecule has 0 spiro atoms. The summed E-state index contributed by atoms with van der Waals surface area (Å²) in [6.07, 6.45) is 1.15. The number of carbonyl (C=O) groups is 2. The van der Waals surface area contributed by atoms with Gasteiger partial charge in [0.15, 0.2) is 5.82 Å². The Balaban J connectivity index is 1.29. The smallest absolute Gasteiger partial charge is 0.409 e. The lowest BCUT2D eigenvalue weighted by Gasteiger charge is -2.35. The number of hydrogen-bond donors (Lipinski definition) is 2. The maximum Gasteiger partial charge on any atom is 0.409 e. The molecule has 214 valence electrons. The van der Waals surface area contributed by atoms with Crippen molar-refractivity contribution in [3.05, 3.63) is 63.2 Å². The predicted molar refractivity (Wildman–Crippen MR) is 164 cm³/mol. The molecule has 0 aliphatic carbocycles. The molecule has 0 radical (unpaired) electrons. The van der Waals surface area contributed by atoms with Crippen molar-refractivity contribution in [1.82, 2.24) is 14.9 Å². The first-order valence-corrected chi connectivity index (χ1v) is 14.5. The Kier molecular flexibility index (Phi) is 8.67. The minimum absolute atomic E-state index is 0.220. The van der Waals surface area contributed by atoms with Crippen molar-refractivity contribution in [3.8, 4) is 5.75 Å². The number of anilines is 4. The van der Waals surface area contributed by atoms with Crippen molar-refractivity contribution in [3.63, 3.8) is 0 Å². The summed E-state index contributed by atoms with van der Waals surface area (Å²) in [7, 11) is 1.50. The number of aryl methyl sites for hydroxylation is 1. The molecule has 0 saturated carbocycles. The number of benzene rings is 2. The number of aromatic nitrogens is 2. The van der Waals surface area contributed by atoms with Gasteiger partial charge in [-0.1, -0.05) is 23.2 Å². The fourth-order valence-electron chi connectivity index (χ4n) is 4.53. The van der Waals surface area contributed by atoms with Crippen molar-refractivity contribution in [2.45, 2.75) is 13.8 Å². The molecule has 2 amide bonds. The van der Waals surface area contributed by atoms with Gasteiger partial charge in [-0.15, -0.1) is 11.3 Å². The van der Waals surface area contributed by atoms with E-state index in [0.717, 1.165) is 34.7 Å². The number of hydrogen-bond acceptors (Lipinski definition) is 9. The number of fused-ring (bicyclic) bond motifs is 1. The molecule has 5 rings (SSSR count). The van der Waals surface area contributed by atoms with E-state index >= 15 is 0 Å². The largest absolute Gasteiger partial charge is 0.495 e. The Labute approximate surface area is 251 Å². The van der Waals surface area contributed by atoms with Crippen molar-refractivity contribution >= 4 is 79.6 Å². The lowest BCUT2D eigenvalue weighted by molar-refractivity contribution is 0.102. The van der Waals surface area contributed by atoms with Crippen LogP contribution < -0.4 is 20.3 Å². The lowest BCUT2D eigenvalue weighted by Crippen LogP contribution is -2.49. The van der Waals surface area contributed by atoms with E-state index in [1.807, 2.05) is 31.2 Å². The molecule has 1 aliphatic rings. The minimum atomic E-state index is -0.398. The van der Waals surface area contributed by atoms with Gasteiger partial charge in [0.05, 0.1) is 40.2 Å². The van der Waals surface area contributed by atoms with E-state index in [1.165, 1.54) is 24.8 Å². The van der Waals surface area contributed by atoms with Gasteiger partial charge in [-0.2, -0.15) is 0 Å². The molecule has 1 saturated heterocycles. The maximum atomic E-state index is 13.3. The molecule has 0 unspecified atom stereocenters. The number of thiophene rings is 1. The second kappa shape index (κ2) is 12.4. The van der Waals surface area contributed by atoms with Crippen LogP contribution in [0.15, 0.2) is 42.0 Å². The van der Waals surface area contributed by atoms with E-state index in [9.17, 15) is 9.59 Å². The highest BCUT2D eigenvalue weighted by Crippen LogP contribution is 2.41. The quantitative estimate of drug-likeness (QED) is 0.240. The SMILES string of the molecule is CCOC(=O)N1CCN(c2ccc(Nc3ncnc4c(C(=O)Nc5c(Cl)c(C)cc(OC)c5Cl)csc34)cc2)CC1. The van der Waals surface area contributed by atoms with Crippen molar-refractivity contribution < 1.29 is 19.1 Å². The predicted octanol–water partition coefficient (Wildman–Crippen LogP) is 6.59. The standard InChI is InChI=1S/C28H28Cl2N6O4S/c1-4-40-28(38)36-11-9-35(10-12-36)18-7-5-17(6-8-18)33-26-25-23(31-15-32-26)19(14-41-25)27(37)34-24-21(29)16(2)13-20(39-3)22(24)30/h5-8,13-15H,4,9-12H2,1-3H3,(H,34,37)(H,31,32,33). The fourth-order valence-corrected chi connectivity index (χ4v) is 6.00. The number of ether oxygens (including phenoxy) is 2. The average molecular weight is 616 g/mol. The minimum Gasteiger partial charge on any atom is -0.495 e. The normalized spacial score (nSPS) is 13.3. The number of nitrogens with zero attached hydrogens (tertiary/aromatic N) is 4. The zero-order chi connectivity index (χ0) is 29.1. The Morgan fingerprint density at radius 2 is 1.80 bits per heavy atom. The Bertz CT molecular complexity index is 1590. The van der Waals surface area contributed by atoms with Crippen LogP contribution in [0.5, 0.6) is 5.75 Å². The van der Waals surface area contributed by atoms with Gasteiger partial charge >= 0.3 is 6.09 Å². The van der Waals surface area contributed by atoms with Crippen LogP contribution in [0.3, 0.4) is 0 Å². The van der Waals surface area contributed by atoms with Crippen LogP contribution in [0.1, 0.15) is 22.8 Å². The third-order valence-corrected chi connectivity index (χ3v) is 8.54. The van der Waals surface area contributed by atoms with Gasteiger partial charge in [0.2, 0.25) is 0 Å². The average Bonchev–Trinajstić information content (AvgIpc) is 3.43.